The predicted molar refractivity (Wildman–Crippen MR) is 82.3 cm³/mol. The Bertz CT molecular complexity index is 495. The summed E-state index contributed by atoms with van der Waals surface area (Å²) in [5.41, 5.74) is 8.15. The molecule has 1 aromatic rings. The number of amides is 1. The first-order chi connectivity index (χ1) is 10.0. The summed E-state index contributed by atoms with van der Waals surface area (Å²) in [6, 6.07) is 5.50. The number of anilines is 2. The first-order valence-electron chi connectivity index (χ1n) is 6.98. The van der Waals surface area contributed by atoms with Crippen molar-refractivity contribution in [3.8, 4) is 0 Å². The molecular weight excluding hydrogens is 270 g/mol. The molecule has 1 aliphatic heterocycles. The number of ether oxygens (including phenoxy) is 2. The van der Waals surface area contributed by atoms with E-state index in [0.717, 1.165) is 11.3 Å². The number of nitrogen functional groups attached to an aromatic ring is 1. The fourth-order valence-electron chi connectivity index (χ4n) is 2.58. The Morgan fingerprint density at radius 2 is 1.95 bits per heavy atom. The van der Waals surface area contributed by atoms with Gasteiger partial charge in [0.1, 0.15) is 0 Å². The number of rotatable bonds is 5. The fraction of sp³-hybridized carbons (Fsp3) is 0.533. The van der Waals surface area contributed by atoms with Crippen LogP contribution in [0.15, 0.2) is 18.2 Å². The Morgan fingerprint density at radius 1 is 1.33 bits per heavy atom. The average Bonchev–Trinajstić information content (AvgIpc) is 2.85. The minimum Gasteiger partial charge on any atom is -0.398 e. The fourth-order valence-corrected chi connectivity index (χ4v) is 2.58. The number of hydrogen-bond donors (Lipinski definition) is 2. The Balaban J connectivity index is 1.92. The Kier molecular flexibility index (Phi) is 5.17. The van der Waals surface area contributed by atoms with Crippen LogP contribution in [0, 0.1) is 6.92 Å². The molecule has 6 nitrogen and oxygen atoms in total. The van der Waals surface area contributed by atoms with E-state index in [4.69, 9.17) is 15.2 Å². The van der Waals surface area contributed by atoms with Gasteiger partial charge in [0, 0.05) is 38.7 Å². The molecule has 1 fully saturated rings. The van der Waals surface area contributed by atoms with E-state index >= 15 is 0 Å². The smallest absolute Gasteiger partial charge is 0.238 e. The third kappa shape index (κ3) is 3.72. The van der Waals surface area contributed by atoms with Gasteiger partial charge in [-0.05, 0) is 24.6 Å². The summed E-state index contributed by atoms with van der Waals surface area (Å²) < 4.78 is 10.7. The van der Waals surface area contributed by atoms with Gasteiger partial charge in [0.15, 0.2) is 0 Å². The summed E-state index contributed by atoms with van der Waals surface area (Å²) in [5, 5.41) is 2.90. The molecule has 3 N–H and O–H groups in total. The van der Waals surface area contributed by atoms with Crippen LogP contribution in [0.4, 0.5) is 11.4 Å². The summed E-state index contributed by atoms with van der Waals surface area (Å²) in [6.45, 7) is 3.59. The SMILES string of the molecule is COC1CN(CC(=O)Nc2cccc(N)c2C)CC1OC. The topological polar surface area (TPSA) is 76.8 Å². The number of nitrogens with two attached hydrogens (primary N) is 1. The zero-order valence-electron chi connectivity index (χ0n) is 12.8. The van der Waals surface area contributed by atoms with Gasteiger partial charge in [-0.25, -0.2) is 0 Å². The van der Waals surface area contributed by atoms with Crippen LogP contribution in [0.25, 0.3) is 0 Å². The highest BCUT2D eigenvalue weighted by Gasteiger charge is 2.33. The Morgan fingerprint density at radius 3 is 2.52 bits per heavy atom. The standard InChI is InChI=1S/C15H23N3O3/c1-10-11(16)5-4-6-12(10)17-15(19)9-18-7-13(20-2)14(8-18)21-3/h4-6,13-14H,7-9,16H2,1-3H3,(H,17,19). The zero-order valence-corrected chi connectivity index (χ0v) is 12.8. The second kappa shape index (κ2) is 6.89. The lowest BCUT2D eigenvalue weighted by molar-refractivity contribution is -0.117. The van der Waals surface area contributed by atoms with Crippen LogP contribution in [0.1, 0.15) is 5.56 Å². The van der Waals surface area contributed by atoms with Crippen LogP contribution in [-0.2, 0) is 14.3 Å². The lowest BCUT2D eigenvalue weighted by atomic mass is 10.1. The number of nitrogens with zero attached hydrogens (tertiary/aromatic N) is 1. The van der Waals surface area contributed by atoms with Crippen molar-refractivity contribution >= 4 is 17.3 Å². The molecule has 0 bridgehead atoms. The van der Waals surface area contributed by atoms with Crippen LogP contribution >= 0.6 is 0 Å². The van der Waals surface area contributed by atoms with Crippen molar-refractivity contribution in [1.29, 1.82) is 0 Å². The summed E-state index contributed by atoms with van der Waals surface area (Å²) in [6.07, 6.45) is 0.0220. The highest BCUT2D eigenvalue weighted by atomic mass is 16.5. The summed E-state index contributed by atoms with van der Waals surface area (Å²) in [4.78, 5) is 14.2. The van der Waals surface area contributed by atoms with Crippen molar-refractivity contribution in [2.75, 3.05) is 44.9 Å². The largest absolute Gasteiger partial charge is 0.398 e. The molecule has 1 heterocycles. The Labute approximate surface area is 125 Å². The van der Waals surface area contributed by atoms with E-state index in [0.29, 0.717) is 25.3 Å². The maximum atomic E-state index is 12.1. The lowest BCUT2D eigenvalue weighted by Crippen LogP contribution is -2.32. The summed E-state index contributed by atoms with van der Waals surface area (Å²) in [5.74, 6) is -0.0599. The number of methoxy groups -OCH3 is 2. The van der Waals surface area contributed by atoms with E-state index in [1.807, 2.05) is 30.0 Å². The molecular formula is C15H23N3O3. The first-order valence-corrected chi connectivity index (χ1v) is 6.98. The molecule has 6 heteroatoms. The molecule has 1 amide bonds. The van der Waals surface area contributed by atoms with Gasteiger partial charge >= 0.3 is 0 Å². The molecule has 2 unspecified atom stereocenters. The van der Waals surface area contributed by atoms with Gasteiger partial charge < -0.3 is 20.5 Å². The van der Waals surface area contributed by atoms with Gasteiger partial charge in [-0.1, -0.05) is 6.07 Å². The van der Waals surface area contributed by atoms with Crippen LogP contribution in [0.3, 0.4) is 0 Å². The molecule has 2 atom stereocenters. The van der Waals surface area contributed by atoms with E-state index in [-0.39, 0.29) is 18.1 Å². The van der Waals surface area contributed by atoms with Gasteiger partial charge in [0.05, 0.1) is 18.8 Å². The number of hydrogen-bond acceptors (Lipinski definition) is 5. The number of likely N-dealkylation sites (tertiary alicyclic amines) is 1. The van der Waals surface area contributed by atoms with Crippen molar-refractivity contribution in [3.63, 3.8) is 0 Å². The third-order valence-corrected chi connectivity index (χ3v) is 3.91. The van der Waals surface area contributed by atoms with E-state index in [9.17, 15) is 4.79 Å². The highest BCUT2D eigenvalue weighted by Crippen LogP contribution is 2.21. The second-order valence-electron chi connectivity index (χ2n) is 5.31. The monoisotopic (exact) mass is 293 g/mol. The molecule has 0 aromatic heterocycles. The number of carbonyl (C=O) groups is 1. The number of benzene rings is 1. The van der Waals surface area contributed by atoms with Crippen LogP contribution in [-0.4, -0.2) is 56.9 Å². The van der Waals surface area contributed by atoms with Crippen molar-refractivity contribution in [2.24, 2.45) is 0 Å². The zero-order chi connectivity index (χ0) is 15.4. The molecule has 116 valence electrons. The van der Waals surface area contributed by atoms with Crippen LogP contribution in [0.5, 0.6) is 0 Å². The second-order valence-corrected chi connectivity index (χ2v) is 5.31. The molecule has 0 aliphatic carbocycles. The van der Waals surface area contributed by atoms with Crippen LogP contribution < -0.4 is 11.1 Å². The molecule has 0 radical (unpaired) electrons. The van der Waals surface area contributed by atoms with Crippen molar-refractivity contribution < 1.29 is 14.3 Å². The normalized spacial score (nSPS) is 22.4. The summed E-state index contributed by atoms with van der Waals surface area (Å²) in [7, 11) is 3.33. The van der Waals surface area contributed by atoms with E-state index in [2.05, 4.69) is 5.32 Å². The van der Waals surface area contributed by atoms with Gasteiger partial charge in [0.25, 0.3) is 0 Å². The van der Waals surface area contributed by atoms with Crippen molar-refractivity contribution in [2.45, 2.75) is 19.1 Å². The molecule has 1 aliphatic rings. The average molecular weight is 293 g/mol. The maximum Gasteiger partial charge on any atom is 0.238 e. The quantitative estimate of drug-likeness (QED) is 0.788. The molecule has 0 spiro atoms. The lowest BCUT2D eigenvalue weighted by Gasteiger charge is -2.16. The van der Waals surface area contributed by atoms with Gasteiger partial charge in [-0.3, -0.25) is 9.69 Å². The third-order valence-electron chi connectivity index (χ3n) is 3.91. The van der Waals surface area contributed by atoms with Crippen molar-refractivity contribution in [3.05, 3.63) is 23.8 Å². The van der Waals surface area contributed by atoms with E-state index in [1.54, 1.807) is 14.2 Å². The number of carbonyl (C=O) groups excluding carboxylic acids is 1. The Hall–Kier alpha value is -1.63. The van der Waals surface area contributed by atoms with E-state index < -0.39 is 0 Å². The minimum atomic E-state index is -0.0599. The highest BCUT2D eigenvalue weighted by molar-refractivity contribution is 5.93. The molecule has 1 saturated heterocycles. The minimum absolute atomic E-state index is 0.0110. The van der Waals surface area contributed by atoms with Crippen molar-refractivity contribution in [1.82, 2.24) is 4.90 Å². The van der Waals surface area contributed by atoms with Crippen LogP contribution in [0.2, 0.25) is 0 Å². The van der Waals surface area contributed by atoms with Gasteiger partial charge in [0.2, 0.25) is 5.91 Å². The molecule has 1 aromatic carbocycles. The predicted octanol–water partition coefficient (Wildman–Crippen LogP) is 0.861. The first kappa shape index (κ1) is 15.8. The summed E-state index contributed by atoms with van der Waals surface area (Å²) >= 11 is 0. The molecule has 2 rings (SSSR count). The number of nitrogens with one attached hydrogen (secondary N) is 1. The molecule has 0 saturated carbocycles. The van der Waals surface area contributed by atoms with E-state index in [1.165, 1.54) is 0 Å². The molecule has 21 heavy (non-hydrogen) atoms. The maximum absolute atomic E-state index is 12.1. The van der Waals surface area contributed by atoms with Gasteiger partial charge in [-0.15, -0.1) is 0 Å². The van der Waals surface area contributed by atoms with Gasteiger partial charge in [-0.2, -0.15) is 0 Å².